The third-order valence-electron chi connectivity index (χ3n) is 3.41. The first-order valence-electron chi connectivity index (χ1n) is 6.91. The van der Waals surface area contributed by atoms with Gasteiger partial charge in [0.05, 0.1) is 32.1 Å². The molecule has 4 nitrogen and oxygen atoms in total. The minimum atomic E-state index is -2.78. The molecule has 1 unspecified atom stereocenters. The smallest absolute Gasteiger partial charge is 0.265 e. The normalized spacial score (nSPS) is 24.0. The fraction of sp³-hybridized carbons (Fsp3) is 0.500. The van der Waals surface area contributed by atoms with Crippen molar-refractivity contribution in [2.45, 2.75) is 13.0 Å². The third kappa shape index (κ3) is 4.64. The summed E-state index contributed by atoms with van der Waals surface area (Å²) in [5.41, 5.74) is 0. The van der Waals surface area contributed by atoms with Crippen LogP contribution in [-0.2, 0) is 13.9 Å². The van der Waals surface area contributed by atoms with Gasteiger partial charge in [0.15, 0.2) is 5.78 Å². The Bertz CT molecular complexity index is 540. The Morgan fingerprint density at radius 3 is 2.67 bits per heavy atom. The Kier molecular flexibility index (Phi) is 5.67. The number of hydrogen-bond donors (Lipinski definition) is 1. The van der Waals surface area contributed by atoms with Gasteiger partial charge in [0.25, 0.3) is 6.57 Å². The molecule has 2 atom stereocenters. The number of benzene rings is 1. The van der Waals surface area contributed by atoms with E-state index in [0.717, 1.165) is 5.75 Å². The van der Waals surface area contributed by atoms with Gasteiger partial charge in [-0.3, -0.25) is 9.36 Å². The van der Waals surface area contributed by atoms with Crippen LogP contribution in [0.25, 0.3) is 0 Å². The van der Waals surface area contributed by atoms with Gasteiger partial charge in [0.1, 0.15) is 12.7 Å². The molecule has 0 amide bonds. The summed E-state index contributed by atoms with van der Waals surface area (Å²) < 4.78 is 17.5. The van der Waals surface area contributed by atoms with Crippen LogP contribution in [0.4, 0.5) is 0 Å². The Morgan fingerprint density at radius 2 is 2.10 bits per heavy atom. The molecule has 1 aliphatic rings. The van der Waals surface area contributed by atoms with Gasteiger partial charge in [-0.1, -0.05) is 29.6 Å². The fourth-order valence-corrected chi connectivity index (χ4v) is 8.42. The van der Waals surface area contributed by atoms with Gasteiger partial charge < -0.3 is 4.52 Å². The highest BCUT2D eigenvalue weighted by atomic mass is 32.7. The Balaban J connectivity index is 1.98. The molecule has 2 rings (SSSR count). The van der Waals surface area contributed by atoms with E-state index in [2.05, 4.69) is 30.5 Å². The summed E-state index contributed by atoms with van der Waals surface area (Å²) in [4.78, 5) is 12.3. The highest BCUT2D eigenvalue weighted by Gasteiger charge is 2.37. The summed E-state index contributed by atoms with van der Waals surface area (Å²) in [7, 11) is -1.58. The summed E-state index contributed by atoms with van der Waals surface area (Å²) in [5.74, 6) is 0.686. The molecule has 0 spiro atoms. The molecule has 1 N–H and O–H groups in total. The van der Waals surface area contributed by atoms with Crippen molar-refractivity contribution in [3.8, 4) is 0 Å². The molecule has 1 aliphatic heterocycles. The van der Waals surface area contributed by atoms with E-state index in [1.54, 1.807) is 0 Å². The van der Waals surface area contributed by atoms with Crippen molar-refractivity contribution in [1.82, 2.24) is 5.09 Å². The number of carbonyl (C=O) groups is 1. The van der Waals surface area contributed by atoms with Gasteiger partial charge in [-0.15, -0.1) is 0 Å². The van der Waals surface area contributed by atoms with Crippen LogP contribution >= 0.6 is 25.4 Å². The van der Waals surface area contributed by atoms with Crippen molar-refractivity contribution < 1.29 is 13.9 Å². The van der Waals surface area contributed by atoms with E-state index in [1.165, 1.54) is 16.7 Å². The van der Waals surface area contributed by atoms with Crippen LogP contribution in [0.15, 0.2) is 30.3 Å². The lowest BCUT2D eigenvalue weighted by Gasteiger charge is -2.23. The molecule has 1 aromatic carbocycles. The molecule has 0 aromatic heterocycles. The standard InChI is InChI=1S/C14H22NO3P2S/c1-12(14(16)11-20(17)18-9-10-21-20)15-19(2,3)13-7-5-4-6-8-13/h4-8,12,15H,9-11H2,1-3H3/q+1/t12-,20?/m0/s1. The predicted molar refractivity (Wildman–Crippen MR) is 93.3 cm³/mol. The van der Waals surface area contributed by atoms with Crippen molar-refractivity contribution in [1.29, 1.82) is 0 Å². The lowest BCUT2D eigenvalue weighted by molar-refractivity contribution is -0.117. The zero-order valence-corrected chi connectivity index (χ0v) is 15.2. The molecule has 1 aromatic rings. The monoisotopic (exact) mass is 346 g/mol. The van der Waals surface area contributed by atoms with Gasteiger partial charge in [-0.25, -0.2) is 0 Å². The fourth-order valence-electron chi connectivity index (χ4n) is 2.24. The zero-order valence-electron chi connectivity index (χ0n) is 12.6. The summed E-state index contributed by atoms with van der Waals surface area (Å²) >= 11 is 1.30. The molecule has 1 heterocycles. The van der Waals surface area contributed by atoms with Crippen LogP contribution in [0, 0.1) is 0 Å². The lowest BCUT2D eigenvalue weighted by Crippen LogP contribution is -2.38. The van der Waals surface area contributed by atoms with Gasteiger partial charge in [0, 0.05) is 5.75 Å². The van der Waals surface area contributed by atoms with E-state index in [-0.39, 0.29) is 18.0 Å². The number of ketones is 1. The first-order valence-corrected chi connectivity index (χ1v) is 13.0. The van der Waals surface area contributed by atoms with Crippen LogP contribution in [0.2, 0.25) is 0 Å². The quantitative estimate of drug-likeness (QED) is 0.803. The van der Waals surface area contributed by atoms with E-state index in [4.69, 9.17) is 4.52 Å². The average molecular weight is 346 g/mol. The van der Waals surface area contributed by atoms with E-state index in [1.807, 2.05) is 25.1 Å². The number of nitrogens with one attached hydrogen (secondary N) is 1. The van der Waals surface area contributed by atoms with Gasteiger partial charge >= 0.3 is 0 Å². The van der Waals surface area contributed by atoms with Gasteiger partial charge in [-0.05, 0) is 19.1 Å². The maximum atomic E-state index is 12.3. The summed E-state index contributed by atoms with van der Waals surface area (Å²) in [5, 5.41) is 4.66. The Hall–Kier alpha value is -0.180. The SMILES string of the molecule is C[C@H](N[P+](C)(C)c1ccccc1)C(=O)CP1(=O)OCCS1. The van der Waals surface area contributed by atoms with E-state index in [0.29, 0.717) is 6.61 Å². The van der Waals surface area contributed by atoms with Crippen LogP contribution in [0.1, 0.15) is 6.92 Å². The van der Waals surface area contributed by atoms with Crippen LogP contribution in [-0.4, -0.2) is 43.7 Å². The minimum Gasteiger partial charge on any atom is -0.320 e. The second-order valence-corrected chi connectivity index (χ2v) is 14.1. The second kappa shape index (κ2) is 6.93. The van der Waals surface area contributed by atoms with Gasteiger partial charge in [0.2, 0.25) is 0 Å². The first-order chi connectivity index (χ1) is 9.82. The van der Waals surface area contributed by atoms with Crippen LogP contribution in [0.5, 0.6) is 0 Å². The zero-order chi connectivity index (χ0) is 15.5. The van der Waals surface area contributed by atoms with E-state index >= 15 is 0 Å². The highest BCUT2D eigenvalue weighted by Crippen LogP contribution is 2.63. The van der Waals surface area contributed by atoms with Crippen molar-refractivity contribution in [3.05, 3.63) is 30.3 Å². The highest BCUT2D eigenvalue weighted by molar-refractivity contribution is 8.57. The van der Waals surface area contributed by atoms with Crippen LogP contribution < -0.4 is 10.4 Å². The van der Waals surface area contributed by atoms with Crippen molar-refractivity contribution in [2.75, 3.05) is 31.9 Å². The molecular formula is C14H22NO3P2S+. The molecule has 0 bridgehead atoms. The van der Waals surface area contributed by atoms with Crippen molar-refractivity contribution in [2.24, 2.45) is 0 Å². The van der Waals surface area contributed by atoms with Gasteiger partial charge in [-0.2, -0.15) is 5.09 Å². The first kappa shape index (κ1) is 17.2. The molecule has 0 saturated carbocycles. The van der Waals surface area contributed by atoms with Crippen LogP contribution in [0.3, 0.4) is 0 Å². The average Bonchev–Trinajstić information content (AvgIpc) is 2.85. The van der Waals surface area contributed by atoms with E-state index < -0.39 is 14.0 Å². The molecule has 1 fully saturated rings. The van der Waals surface area contributed by atoms with Crippen molar-refractivity contribution >= 4 is 36.5 Å². The maximum absolute atomic E-state index is 12.3. The molecule has 0 aliphatic carbocycles. The molecule has 1 saturated heterocycles. The largest absolute Gasteiger partial charge is 0.320 e. The molecule has 116 valence electrons. The summed E-state index contributed by atoms with van der Waals surface area (Å²) in [6.45, 7) is 3.85. The maximum Gasteiger partial charge on any atom is 0.265 e. The Labute approximate surface area is 131 Å². The minimum absolute atomic E-state index is 0.0284. The number of hydrogen-bond acceptors (Lipinski definition) is 5. The van der Waals surface area contributed by atoms with Crippen molar-refractivity contribution in [3.63, 3.8) is 0 Å². The molecular weight excluding hydrogens is 324 g/mol. The second-order valence-electron chi connectivity index (χ2n) is 5.54. The summed E-state index contributed by atoms with van der Waals surface area (Å²) in [6, 6.07) is 9.84. The summed E-state index contributed by atoms with van der Waals surface area (Å²) in [6.07, 6.45) is 0.0284. The van der Waals surface area contributed by atoms with E-state index in [9.17, 15) is 9.36 Å². The topological polar surface area (TPSA) is 55.4 Å². The molecule has 0 radical (unpaired) electrons. The number of rotatable bonds is 6. The molecule has 21 heavy (non-hydrogen) atoms. The number of Topliss-reactive ketones (excluding diaryl/α,β-unsaturated/α-hetero) is 1. The third-order valence-corrected chi connectivity index (χ3v) is 10.5. The Morgan fingerprint density at radius 1 is 1.43 bits per heavy atom. The lowest BCUT2D eigenvalue weighted by atomic mass is 10.3. The predicted octanol–water partition coefficient (Wildman–Crippen LogP) is 3.01. The molecule has 7 heteroatoms. The number of carbonyl (C=O) groups excluding carboxylic acids is 1.